The lowest BCUT2D eigenvalue weighted by Gasteiger charge is -2.04. The molecule has 0 atom stereocenters. The Morgan fingerprint density at radius 3 is 2.71 bits per heavy atom. The van der Waals surface area contributed by atoms with E-state index >= 15 is 0 Å². The highest BCUT2D eigenvalue weighted by Gasteiger charge is 2.13. The van der Waals surface area contributed by atoms with Gasteiger partial charge in [-0.15, -0.1) is 0 Å². The molecule has 5 rings (SSSR count). The summed E-state index contributed by atoms with van der Waals surface area (Å²) in [5.74, 6) is 0.341. The van der Waals surface area contributed by atoms with Crippen LogP contribution < -0.4 is 5.32 Å². The van der Waals surface area contributed by atoms with E-state index in [-0.39, 0.29) is 5.91 Å². The van der Waals surface area contributed by atoms with Crippen molar-refractivity contribution in [2.24, 2.45) is 0 Å². The smallest absolute Gasteiger partial charge is 0.257 e. The minimum atomic E-state index is -0.217. The lowest BCUT2D eigenvalue weighted by Crippen LogP contribution is -2.11. The Balaban J connectivity index is 1.51. The molecular weight excluding hydrogens is 350 g/mol. The Labute approximate surface area is 160 Å². The van der Waals surface area contributed by atoms with Crippen LogP contribution in [0, 0.1) is 0 Å². The second kappa shape index (κ2) is 6.63. The van der Waals surface area contributed by atoms with Crippen LogP contribution in [0.3, 0.4) is 0 Å². The summed E-state index contributed by atoms with van der Waals surface area (Å²) in [6.07, 6.45) is 3.16. The minimum absolute atomic E-state index is 0.217. The van der Waals surface area contributed by atoms with Crippen LogP contribution in [-0.4, -0.2) is 15.9 Å². The molecule has 5 aromatic rings. The molecule has 0 spiro atoms. The third-order valence-corrected chi connectivity index (χ3v) is 4.59. The summed E-state index contributed by atoms with van der Waals surface area (Å²) < 4.78 is 5.97. The Morgan fingerprint density at radius 2 is 1.82 bits per heavy atom. The van der Waals surface area contributed by atoms with Gasteiger partial charge in [0.2, 0.25) is 5.89 Å². The first-order valence-corrected chi connectivity index (χ1v) is 8.88. The van der Waals surface area contributed by atoms with Crippen LogP contribution in [0.4, 0.5) is 5.69 Å². The van der Waals surface area contributed by atoms with Crippen LogP contribution in [0.5, 0.6) is 0 Å². The number of anilines is 1. The lowest BCUT2D eigenvalue weighted by molar-refractivity contribution is 0.102. The third kappa shape index (κ3) is 2.89. The molecule has 1 N–H and O–H groups in total. The first kappa shape index (κ1) is 16.2. The van der Waals surface area contributed by atoms with Gasteiger partial charge in [0.15, 0.2) is 5.58 Å². The van der Waals surface area contributed by atoms with Gasteiger partial charge < -0.3 is 9.73 Å². The molecule has 0 aliphatic heterocycles. The number of fused-ring (bicyclic) bond motifs is 2. The summed E-state index contributed by atoms with van der Waals surface area (Å²) in [5, 5.41) is 5.08. The molecule has 3 aromatic carbocycles. The summed E-state index contributed by atoms with van der Waals surface area (Å²) >= 11 is 0. The monoisotopic (exact) mass is 365 g/mol. The number of pyridine rings is 1. The van der Waals surface area contributed by atoms with Crippen molar-refractivity contribution in [1.82, 2.24) is 9.97 Å². The molecular formula is C23H15N3O2. The molecule has 0 fully saturated rings. The normalized spacial score (nSPS) is 11.0. The summed E-state index contributed by atoms with van der Waals surface area (Å²) in [4.78, 5) is 20.9. The van der Waals surface area contributed by atoms with E-state index < -0.39 is 0 Å². The summed E-state index contributed by atoms with van der Waals surface area (Å²) in [6.45, 7) is 0. The fourth-order valence-corrected chi connectivity index (χ4v) is 3.23. The molecule has 0 aliphatic carbocycles. The number of rotatable bonds is 3. The van der Waals surface area contributed by atoms with E-state index in [0.717, 1.165) is 16.3 Å². The van der Waals surface area contributed by atoms with E-state index in [9.17, 15) is 4.79 Å². The highest BCUT2D eigenvalue weighted by Crippen LogP contribution is 2.31. The molecule has 0 radical (unpaired) electrons. The topological polar surface area (TPSA) is 68.0 Å². The quantitative estimate of drug-likeness (QED) is 0.471. The largest absolute Gasteiger partial charge is 0.436 e. The number of hydrogen-bond donors (Lipinski definition) is 1. The van der Waals surface area contributed by atoms with Crippen molar-refractivity contribution in [1.29, 1.82) is 0 Å². The maximum Gasteiger partial charge on any atom is 0.257 e. The van der Waals surface area contributed by atoms with Gasteiger partial charge in [-0.2, -0.15) is 0 Å². The molecule has 5 nitrogen and oxygen atoms in total. The molecule has 0 unspecified atom stereocenters. The second-order valence-corrected chi connectivity index (χ2v) is 6.42. The maximum absolute atomic E-state index is 12.3. The standard InChI is InChI=1S/C23H15N3O2/c27-22(16-7-4-12-24-14-16)25-17-10-11-21-20(13-17)26-23(28-21)19-9-3-6-15-5-1-2-8-18(15)19/h1-14H,(H,25,27). The molecule has 2 aromatic heterocycles. The molecule has 0 saturated heterocycles. The number of amides is 1. The Kier molecular flexibility index (Phi) is 3.84. The van der Waals surface area contributed by atoms with Crippen molar-refractivity contribution in [3.05, 3.63) is 90.8 Å². The molecule has 134 valence electrons. The predicted molar refractivity (Wildman–Crippen MR) is 109 cm³/mol. The van der Waals surface area contributed by atoms with Gasteiger partial charge in [0.25, 0.3) is 5.91 Å². The number of carbonyl (C=O) groups excluding carboxylic acids is 1. The van der Waals surface area contributed by atoms with Gasteiger partial charge in [-0.1, -0.05) is 36.4 Å². The van der Waals surface area contributed by atoms with Crippen LogP contribution in [-0.2, 0) is 0 Å². The highest BCUT2D eigenvalue weighted by atomic mass is 16.3. The summed E-state index contributed by atoms with van der Waals surface area (Å²) in [7, 11) is 0. The van der Waals surface area contributed by atoms with E-state index in [0.29, 0.717) is 28.2 Å². The molecule has 0 aliphatic rings. The average Bonchev–Trinajstić information content (AvgIpc) is 3.17. The van der Waals surface area contributed by atoms with Gasteiger partial charge in [0.1, 0.15) is 5.52 Å². The number of oxazole rings is 1. The molecule has 5 heteroatoms. The number of benzene rings is 3. The molecule has 1 amide bonds. The van der Waals surface area contributed by atoms with E-state index in [1.54, 1.807) is 24.4 Å². The predicted octanol–water partition coefficient (Wildman–Crippen LogP) is 5.30. The highest BCUT2D eigenvalue weighted by molar-refractivity contribution is 6.04. The first-order chi connectivity index (χ1) is 13.8. The van der Waals surface area contributed by atoms with E-state index in [1.807, 2.05) is 36.4 Å². The number of nitrogens with one attached hydrogen (secondary N) is 1. The Morgan fingerprint density at radius 1 is 0.929 bits per heavy atom. The minimum Gasteiger partial charge on any atom is -0.436 e. The van der Waals surface area contributed by atoms with Crippen LogP contribution >= 0.6 is 0 Å². The van der Waals surface area contributed by atoms with Crippen molar-refractivity contribution < 1.29 is 9.21 Å². The molecule has 0 saturated carbocycles. The zero-order valence-electron chi connectivity index (χ0n) is 14.8. The molecule has 0 bridgehead atoms. The SMILES string of the molecule is O=C(Nc1ccc2oc(-c3cccc4ccccc34)nc2c1)c1cccnc1. The molecule has 2 heterocycles. The van der Waals surface area contributed by atoms with Gasteiger partial charge in [0.05, 0.1) is 5.56 Å². The number of aromatic nitrogens is 2. The fraction of sp³-hybridized carbons (Fsp3) is 0. The second-order valence-electron chi connectivity index (χ2n) is 6.42. The summed E-state index contributed by atoms with van der Waals surface area (Å²) in [6, 6.07) is 23.0. The van der Waals surface area contributed by atoms with Crippen molar-refractivity contribution in [2.45, 2.75) is 0 Å². The van der Waals surface area contributed by atoms with Gasteiger partial charge in [-0.25, -0.2) is 4.98 Å². The van der Waals surface area contributed by atoms with Crippen molar-refractivity contribution in [3.63, 3.8) is 0 Å². The first-order valence-electron chi connectivity index (χ1n) is 8.88. The lowest BCUT2D eigenvalue weighted by atomic mass is 10.0. The molecule has 28 heavy (non-hydrogen) atoms. The summed E-state index contributed by atoms with van der Waals surface area (Å²) in [5.41, 5.74) is 3.45. The number of nitrogens with zero attached hydrogens (tertiary/aromatic N) is 2. The van der Waals surface area contributed by atoms with Crippen molar-refractivity contribution in [3.8, 4) is 11.5 Å². The van der Waals surface area contributed by atoms with Crippen molar-refractivity contribution in [2.75, 3.05) is 5.32 Å². The Bertz CT molecular complexity index is 1300. The fourth-order valence-electron chi connectivity index (χ4n) is 3.23. The average molecular weight is 365 g/mol. The van der Waals surface area contributed by atoms with E-state index in [2.05, 4.69) is 33.5 Å². The van der Waals surface area contributed by atoms with Crippen LogP contribution in [0.2, 0.25) is 0 Å². The number of carbonyl (C=O) groups is 1. The van der Waals surface area contributed by atoms with Gasteiger partial charge in [-0.3, -0.25) is 9.78 Å². The van der Waals surface area contributed by atoms with Crippen LogP contribution in [0.15, 0.2) is 89.6 Å². The Hall–Kier alpha value is -3.99. The van der Waals surface area contributed by atoms with E-state index in [4.69, 9.17) is 4.42 Å². The third-order valence-electron chi connectivity index (χ3n) is 4.59. The van der Waals surface area contributed by atoms with Crippen LogP contribution in [0.1, 0.15) is 10.4 Å². The maximum atomic E-state index is 12.3. The van der Waals surface area contributed by atoms with Gasteiger partial charge >= 0.3 is 0 Å². The zero-order chi connectivity index (χ0) is 18.9. The van der Waals surface area contributed by atoms with Crippen LogP contribution in [0.25, 0.3) is 33.3 Å². The zero-order valence-corrected chi connectivity index (χ0v) is 14.8. The number of hydrogen-bond acceptors (Lipinski definition) is 4. The van der Waals surface area contributed by atoms with Gasteiger partial charge in [-0.05, 0) is 47.2 Å². The van der Waals surface area contributed by atoms with Gasteiger partial charge in [0, 0.05) is 23.6 Å². The van der Waals surface area contributed by atoms with Crippen molar-refractivity contribution >= 4 is 33.5 Å². The van der Waals surface area contributed by atoms with E-state index in [1.165, 1.54) is 6.20 Å².